The van der Waals surface area contributed by atoms with E-state index in [-0.39, 0.29) is 9.92 Å². The van der Waals surface area contributed by atoms with Gasteiger partial charge in [0.2, 0.25) is 0 Å². The van der Waals surface area contributed by atoms with Crippen molar-refractivity contribution in [2.24, 2.45) is 0 Å². The Hall–Kier alpha value is -2.00. The van der Waals surface area contributed by atoms with E-state index in [1.54, 1.807) is 38.5 Å². The average Bonchev–Trinajstić information content (AvgIpc) is 3.29. The van der Waals surface area contributed by atoms with Crippen molar-refractivity contribution in [1.82, 2.24) is 4.98 Å². The maximum Gasteiger partial charge on any atom is 0.185 e. The summed E-state index contributed by atoms with van der Waals surface area (Å²) in [5.74, 6) is 1.56. The summed E-state index contributed by atoms with van der Waals surface area (Å²) >= 11 is 13.9. The smallest absolute Gasteiger partial charge is 0.185 e. The lowest BCUT2D eigenvalue weighted by Crippen LogP contribution is -2.39. The van der Waals surface area contributed by atoms with Crippen molar-refractivity contribution < 1.29 is 17.9 Å². The van der Waals surface area contributed by atoms with Crippen LogP contribution in [0, 0.1) is 6.92 Å². The Balaban J connectivity index is 1.44. The number of thiazole rings is 1. The molecule has 0 spiro atoms. The van der Waals surface area contributed by atoms with Crippen LogP contribution in [0.1, 0.15) is 29.7 Å². The Bertz CT molecular complexity index is 1290. The number of sulfone groups is 1. The standard InChI is InChI=1S/C24H26Cl2N2O4S2/c1-15-10-23(21(26)13-20(15)25)34(29,30)19-6-8-28(9-7-19)24-27-17(14-33-24)11-16-12-18(31-2)4-5-22(16)32-3/h4-5,10,12-14,19H,6-9,11H2,1-3H3. The van der Waals surface area contributed by atoms with Gasteiger partial charge in [-0.05, 0) is 55.7 Å². The monoisotopic (exact) mass is 540 g/mol. The summed E-state index contributed by atoms with van der Waals surface area (Å²) in [7, 11) is -0.263. The van der Waals surface area contributed by atoms with Gasteiger partial charge >= 0.3 is 0 Å². The number of piperidine rings is 1. The molecule has 0 atom stereocenters. The third kappa shape index (κ3) is 5.15. The topological polar surface area (TPSA) is 68.7 Å². The highest BCUT2D eigenvalue weighted by atomic mass is 35.5. The van der Waals surface area contributed by atoms with E-state index < -0.39 is 15.1 Å². The van der Waals surface area contributed by atoms with E-state index in [2.05, 4.69) is 4.90 Å². The zero-order chi connectivity index (χ0) is 24.5. The zero-order valence-corrected chi connectivity index (χ0v) is 22.3. The molecule has 2 heterocycles. The van der Waals surface area contributed by atoms with Crippen LogP contribution < -0.4 is 14.4 Å². The predicted octanol–water partition coefficient (Wildman–Crippen LogP) is 5.81. The lowest BCUT2D eigenvalue weighted by Gasteiger charge is -2.31. The number of hydrogen-bond donors (Lipinski definition) is 0. The number of aromatic nitrogens is 1. The summed E-state index contributed by atoms with van der Waals surface area (Å²) in [4.78, 5) is 7.12. The van der Waals surface area contributed by atoms with Gasteiger partial charge in [0.25, 0.3) is 0 Å². The molecule has 2 aromatic carbocycles. The van der Waals surface area contributed by atoms with E-state index in [9.17, 15) is 8.42 Å². The predicted molar refractivity (Wildman–Crippen MR) is 138 cm³/mol. The van der Waals surface area contributed by atoms with Crippen molar-refractivity contribution >= 4 is 49.5 Å². The summed E-state index contributed by atoms with van der Waals surface area (Å²) in [5.41, 5.74) is 2.63. The fourth-order valence-corrected chi connectivity index (χ4v) is 7.57. The van der Waals surface area contributed by atoms with Gasteiger partial charge in [0.1, 0.15) is 11.5 Å². The van der Waals surface area contributed by atoms with Crippen LogP contribution in [-0.4, -0.2) is 46.0 Å². The van der Waals surface area contributed by atoms with Gasteiger partial charge in [-0.2, -0.15) is 0 Å². The minimum absolute atomic E-state index is 0.165. The van der Waals surface area contributed by atoms with Crippen molar-refractivity contribution in [2.75, 3.05) is 32.2 Å². The summed E-state index contributed by atoms with van der Waals surface area (Å²) < 4.78 is 37.3. The third-order valence-corrected chi connectivity index (χ3v) is 10.2. The molecule has 0 amide bonds. The molecule has 182 valence electrons. The molecule has 1 aliphatic rings. The number of hydrogen-bond acceptors (Lipinski definition) is 7. The zero-order valence-electron chi connectivity index (χ0n) is 19.2. The van der Waals surface area contributed by atoms with Crippen LogP contribution in [0.15, 0.2) is 40.6 Å². The van der Waals surface area contributed by atoms with Gasteiger partial charge in [-0.1, -0.05) is 23.2 Å². The summed E-state index contributed by atoms with van der Waals surface area (Å²) in [6.45, 7) is 3.01. The van der Waals surface area contributed by atoms with Crippen LogP contribution >= 0.6 is 34.5 Å². The van der Waals surface area contributed by atoms with Crippen molar-refractivity contribution in [1.29, 1.82) is 0 Å². The van der Waals surface area contributed by atoms with E-state index in [1.807, 2.05) is 23.6 Å². The molecule has 0 aliphatic carbocycles. The SMILES string of the molecule is COc1ccc(OC)c(Cc2csc(N3CCC(S(=O)(=O)c4cc(C)c(Cl)cc4Cl)CC3)n2)c1. The van der Waals surface area contributed by atoms with E-state index in [0.717, 1.165) is 27.9 Å². The molecule has 34 heavy (non-hydrogen) atoms. The molecule has 0 N–H and O–H groups in total. The normalized spacial score (nSPS) is 14.9. The number of rotatable bonds is 7. The number of nitrogens with zero attached hydrogens (tertiary/aromatic N) is 2. The largest absolute Gasteiger partial charge is 0.497 e. The van der Waals surface area contributed by atoms with Crippen molar-refractivity contribution in [3.8, 4) is 11.5 Å². The number of ether oxygens (including phenoxy) is 2. The Morgan fingerprint density at radius 2 is 1.82 bits per heavy atom. The van der Waals surface area contributed by atoms with E-state index in [1.165, 1.54) is 6.07 Å². The fourth-order valence-electron chi connectivity index (χ4n) is 4.12. The average molecular weight is 542 g/mol. The molecule has 0 radical (unpaired) electrons. The van der Waals surface area contributed by atoms with Gasteiger partial charge in [-0.3, -0.25) is 0 Å². The molecular weight excluding hydrogens is 515 g/mol. The molecule has 1 fully saturated rings. The van der Waals surface area contributed by atoms with Gasteiger partial charge in [-0.15, -0.1) is 11.3 Å². The van der Waals surface area contributed by atoms with Crippen molar-refractivity contribution in [3.05, 3.63) is 62.6 Å². The van der Waals surface area contributed by atoms with Gasteiger partial charge in [0, 0.05) is 35.5 Å². The molecule has 0 saturated carbocycles. The second kappa shape index (κ2) is 10.3. The maximum atomic E-state index is 13.3. The van der Waals surface area contributed by atoms with E-state index >= 15 is 0 Å². The molecule has 1 saturated heterocycles. The van der Waals surface area contributed by atoms with E-state index in [4.69, 9.17) is 37.7 Å². The minimum Gasteiger partial charge on any atom is -0.497 e. The van der Waals surface area contributed by atoms with Crippen LogP contribution in [0.4, 0.5) is 5.13 Å². The first kappa shape index (κ1) is 25.1. The lowest BCUT2D eigenvalue weighted by atomic mass is 10.1. The first-order valence-corrected chi connectivity index (χ1v) is 14.0. The van der Waals surface area contributed by atoms with E-state index in [0.29, 0.717) is 42.9 Å². The quantitative estimate of drug-likeness (QED) is 0.376. The fraction of sp³-hybridized carbons (Fsp3) is 0.375. The number of anilines is 1. The third-order valence-electron chi connectivity index (χ3n) is 6.07. The van der Waals surface area contributed by atoms with Crippen LogP contribution in [0.5, 0.6) is 11.5 Å². The molecule has 10 heteroatoms. The highest BCUT2D eigenvalue weighted by Gasteiger charge is 2.33. The van der Waals surface area contributed by atoms with Crippen molar-refractivity contribution in [2.45, 2.75) is 36.3 Å². The molecule has 1 aliphatic heterocycles. The Labute approximate surface area is 214 Å². The number of aryl methyl sites for hydroxylation is 1. The van der Waals surface area contributed by atoms with Crippen LogP contribution in [0.25, 0.3) is 0 Å². The molecule has 0 unspecified atom stereocenters. The maximum absolute atomic E-state index is 13.3. The number of methoxy groups -OCH3 is 2. The van der Waals surface area contributed by atoms with Gasteiger partial charge in [0.05, 0.1) is 35.1 Å². The molecule has 3 aromatic rings. The minimum atomic E-state index is -3.55. The van der Waals surface area contributed by atoms with Crippen LogP contribution in [0.2, 0.25) is 10.0 Å². The second-order valence-electron chi connectivity index (χ2n) is 8.24. The molecule has 0 bridgehead atoms. The van der Waals surface area contributed by atoms with Crippen LogP contribution in [0.3, 0.4) is 0 Å². The van der Waals surface area contributed by atoms with Gasteiger partial charge in [0.15, 0.2) is 15.0 Å². The van der Waals surface area contributed by atoms with Crippen LogP contribution in [-0.2, 0) is 16.3 Å². The summed E-state index contributed by atoms with van der Waals surface area (Å²) in [5, 5.41) is 3.09. The first-order chi connectivity index (χ1) is 16.2. The van der Waals surface area contributed by atoms with Gasteiger partial charge in [-0.25, -0.2) is 13.4 Å². The second-order valence-corrected chi connectivity index (χ2v) is 12.1. The lowest BCUT2D eigenvalue weighted by molar-refractivity contribution is 0.399. The molecule has 4 rings (SSSR count). The molecule has 6 nitrogen and oxygen atoms in total. The highest BCUT2D eigenvalue weighted by Crippen LogP contribution is 2.35. The Morgan fingerprint density at radius 3 is 2.50 bits per heavy atom. The number of halogens is 2. The molecule has 1 aromatic heterocycles. The van der Waals surface area contributed by atoms with Gasteiger partial charge < -0.3 is 14.4 Å². The summed E-state index contributed by atoms with van der Waals surface area (Å²) in [6.07, 6.45) is 1.65. The molecular formula is C24H26Cl2N2O4S2. The Morgan fingerprint density at radius 1 is 1.09 bits per heavy atom. The number of benzene rings is 2. The van der Waals surface area contributed by atoms with Crippen molar-refractivity contribution in [3.63, 3.8) is 0 Å². The Kier molecular flexibility index (Phi) is 7.62. The first-order valence-electron chi connectivity index (χ1n) is 10.8. The summed E-state index contributed by atoms with van der Waals surface area (Å²) in [6, 6.07) is 8.80. The highest BCUT2D eigenvalue weighted by molar-refractivity contribution is 7.92.